The number of ether oxygens (including phenoxy) is 1. The molecule has 0 atom stereocenters. The number of hydrogen-bond acceptors (Lipinski definition) is 3. The molecule has 120 valence electrons. The lowest BCUT2D eigenvalue weighted by Gasteiger charge is -2.24. The Balaban J connectivity index is 1.44. The first kappa shape index (κ1) is 15.3. The van der Waals surface area contributed by atoms with E-state index in [-0.39, 0.29) is 0 Å². The standard InChI is InChI=1S/C19H20ClNOS/c20-17-11-14(13-6-7-13)8-9-18(17)22-12-15-3-2-10-21-19(15)23-16-4-1-5-16/h2-3,8-11,13,16H,1,4-7,12H2. The van der Waals surface area contributed by atoms with Gasteiger partial charge in [-0.3, -0.25) is 0 Å². The number of benzene rings is 1. The Labute approximate surface area is 146 Å². The van der Waals surface area contributed by atoms with Crippen molar-refractivity contribution in [2.75, 3.05) is 0 Å². The average Bonchev–Trinajstić information content (AvgIpc) is 3.35. The van der Waals surface area contributed by atoms with Gasteiger partial charge < -0.3 is 4.74 Å². The molecule has 0 N–H and O–H groups in total. The summed E-state index contributed by atoms with van der Waals surface area (Å²) >= 11 is 8.26. The maximum absolute atomic E-state index is 6.38. The van der Waals surface area contributed by atoms with E-state index in [1.54, 1.807) is 0 Å². The minimum Gasteiger partial charge on any atom is -0.487 e. The van der Waals surface area contributed by atoms with E-state index in [0.29, 0.717) is 17.5 Å². The van der Waals surface area contributed by atoms with Crippen LogP contribution < -0.4 is 4.74 Å². The predicted molar refractivity (Wildman–Crippen MR) is 95.5 cm³/mol. The smallest absolute Gasteiger partial charge is 0.138 e. The monoisotopic (exact) mass is 345 g/mol. The van der Waals surface area contributed by atoms with Gasteiger partial charge in [0.25, 0.3) is 0 Å². The van der Waals surface area contributed by atoms with Gasteiger partial charge in [0.2, 0.25) is 0 Å². The number of hydrogen-bond donors (Lipinski definition) is 0. The van der Waals surface area contributed by atoms with Gasteiger partial charge >= 0.3 is 0 Å². The molecular formula is C19H20ClNOS. The molecule has 2 nitrogen and oxygen atoms in total. The number of thioether (sulfide) groups is 1. The Morgan fingerprint density at radius 3 is 2.74 bits per heavy atom. The Hall–Kier alpha value is -1.19. The van der Waals surface area contributed by atoms with Crippen molar-refractivity contribution in [3.05, 3.63) is 52.7 Å². The largest absolute Gasteiger partial charge is 0.487 e. The zero-order valence-electron chi connectivity index (χ0n) is 13.0. The van der Waals surface area contributed by atoms with E-state index in [1.807, 2.05) is 30.1 Å². The third-order valence-electron chi connectivity index (χ3n) is 4.57. The van der Waals surface area contributed by atoms with E-state index < -0.39 is 0 Å². The molecule has 0 spiro atoms. The summed E-state index contributed by atoms with van der Waals surface area (Å²) in [6, 6.07) is 10.3. The maximum atomic E-state index is 6.38. The Kier molecular flexibility index (Phi) is 4.50. The van der Waals surface area contributed by atoms with Gasteiger partial charge in [-0.25, -0.2) is 4.98 Å². The fourth-order valence-corrected chi connectivity index (χ4v) is 4.28. The molecule has 4 heteroatoms. The number of aromatic nitrogens is 1. The van der Waals surface area contributed by atoms with E-state index in [2.05, 4.69) is 23.2 Å². The highest BCUT2D eigenvalue weighted by atomic mass is 35.5. The molecule has 1 aromatic carbocycles. The molecule has 1 heterocycles. The van der Waals surface area contributed by atoms with Crippen molar-refractivity contribution in [3.63, 3.8) is 0 Å². The zero-order chi connectivity index (χ0) is 15.6. The lowest BCUT2D eigenvalue weighted by Crippen LogP contribution is -2.13. The lowest BCUT2D eigenvalue weighted by atomic mass is 10.0. The van der Waals surface area contributed by atoms with Crippen LogP contribution in [0.15, 0.2) is 41.6 Å². The minimum atomic E-state index is 0.519. The molecule has 0 aliphatic heterocycles. The second-order valence-electron chi connectivity index (χ2n) is 6.39. The molecule has 1 aromatic heterocycles. The van der Waals surface area contributed by atoms with E-state index >= 15 is 0 Å². The van der Waals surface area contributed by atoms with Gasteiger partial charge in [0.1, 0.15) is 17.4 Å². The van der Waals surface area contributed by atoms with Gasteiger partial charge in [0, 0.05) is 17.0 Å². The highest BCUT2D eigenvalue weighted by Crippen LogP contribution is 2.42. The molecule has 4 rings (SSSR count). The quantitative estimate of drug-likeness (QED) is 0.657. The summed E-state index contributed by atoms with van der Waals surface area (Å²) in [7, 11) is 0. The van der Waals surface area contributed by atoms with Crippen LogP contribution in [0.3, 0.4) is 0 Å². The molecule has 0 unspecified atom stereocenters. The van der Waals surface area contributed by atoms with Crippen molar-refractivity contribution in [3.8, 4) is 5.75 Å². The van der Waals surface area contributed by atoms with Crippen LogP contribution in [0.1, 0.15) is 49.1 Å². The van der Waals surface area contributed by atoms with Gasteiger partial charge in [0.05, 0.1) is 5.02 Å². The first-order valence-electron chi connectivity index (χ1n) is 8.32. The molecule has 0 radical (unpaired) electrons. The Morgan fingerprint density at radius 2 is 2.04 bits per heavy atom. The van der Waals surface area contributed by atoms with E-state index in [9.17, 15) is 0 Å². The summed E-state index contributed by atoms with van der Waals surface area (Å²) in [5, 5.41) is 2.54. The van der Waals surface area contributed by atoms with Crippen LogP contribution in [0.4, 0.5) is 0 Å². The van der Waals surface area contributed by atoms with Gasteiger partial charge in [-0.2, -0.15) is 0 Å². The van der Waals surface area contributed by atoms with E-state index in [1.165, 1.54) is 37.7 Å². The second-order valence-corrected chi connectivity index (χ2v) is 8.09. The highest BCUT2D eigenvalue weighted by Gasteiger charge is 2.24. The van der Waals surface area contributed by atoms with Crippen molar-refractivity contribution in [1.29, 1.82) is 0 Å². The summed E-state index contributed by atoms with van der Waals surface area (Å²) in [5.41, 5.74) is 2.48. The molecule has 2 aliphatic carbocycles. The SMILES string of the molecule is Clc1cc(C2CC2)ccc1OCc1cccnc1SC1CCC1. The molecule has 23 heavy (non-hydrogen) atoms. The molecule has 2 aliphatic rings. The molecule has 0 bridgehead atoms. The van der Waals surface area contributed by atoms with Gasteiger partial charge in [-0.05, 0) is 55.4 Å². The molecule has 0 saturated heterocycles. The minimum absolute atomic E-state index is 0.519. The van der Waals surface area contributed by atoms with Crippen molar-refractivity contribution in [2.24, 2.45) is 0 Å². The molecule has 0 amide bonds. The summed E-state index contributed by atoms with van der Waals surface area (Å²) < 4.78 is 5.97. The van der Waals surface area contributed by atoms with Crippen molar-refractivity contribution in [2.45, 2.75) is 54.9 Å². The number of halogens is 1. The van der Waals surface area contributed by atoms with Crippen LogP contribution >= 0.6 is 23.4 Å². The van der Waals surface area contributed by atoms with Crippen molar-refractivity contribution in [1.82, 2.24) is 4.98 Å². The average molecular weight is 346 g/mol. The maximum Gasteiger partial charge on any atom is 0.138 e. The first-order chi connectivity index (χ1) is 11.3. The number of nitrogens with zero attached hydrogens (tertiary/aromatic N) is 1. The molecular weight excluding hydrogens is 326 g/mol. The first-order valence-corrected chi connectivity index (χ1v) is 9.58. The van der Waals surface area contributed by atoms with Crippen LogP contribution in [0.25, 0.3) is 0 Å². The molecule has 2 fully saturated rings. The third-order valence-corrected chi connectivity index (χ3v) is 6.26. The van der Waals surface area contributed by atoms with Crippen LogP contribution in [0, 0.1) is 0 Å². The van der Waals surface area contributed by atoms with Gasteiger partial charge in [-0.15, -0.1) is 11.8 Å². The van der Waals surface area contributed by atoms with E-state index in [0.717, 1.165) is 21.6 Å². The predicted octanol–water partition coefficient (Wildman–Crippen LogP) is 5.84. The summed E-state index contributed by atoms with van der Waals surface area (Å²) in [4.78, 5) is 4.53. The molecule has 2 saturated carbocycles. The summed E-state index contributed by atoms with van der Waals surface area (Å²) in [5.74, 6) is 1.48. The van der Waals surface area contributed by atoms with Crippen LogP contribution in [-0.4, -0.2) is 10.2 Å². The topological polar surface area (TPSA) is 22.1 Å². The fourth-order valence-electron chi connectivity index (χ4n) is 2.75. The van der Waals surface area contributed by atoms with Gasteiger partial charge in [-0.1, -0.05) is 30.2 Å². The lowest BCUT2D eigenvalue weighted by molar-refractivity contribution is 0.302. The Bertz CT molecular complexity index is 698. The Morgan fingerprint density at radius 1 is 1.17 bits per heavy atom. The third kappa shape index (κ3) is 3.67. The van der Waals surface area contributed by atoms with Gasteiger partial charge in [0.15, 0.2) is 0 Å². The van der Waals surface area contributed by atoms with Crippen molar-refractivity contribution >= 4 is 23.4 Å². The number of pyridine rings is 1. The fraction of sp³-hybridized carbons (Fsp3) is 0.421. The molecule has 2 aromatic rings. The summed E-state index contributed by atoms with van der Waals surface area (Å²) in [6.07, 6.45) is 8.38. The summed E-state index contributed by atoms with van der Waals surface area (Å²) in [6.45, 7) is 0.519. The zero-order valence-corrected chi connectivity index (χ0v) is 14.6. The van der Waals surface area contributed by atoms with Crippen molar-refractivity contribution < 1.29 is 4.74 Å². The van der Waals surface area contributed by atoms with E-state index in [4.69, 9.17) is 16.3 Å². The normalized spacial score (nSPS) is 17.8. The highest BCUT2D eigenvalue weighted by molar-refractivity contribution is 8.00. The van der Waals surface area contributed by atoms with Crippen LogP contribution in [0.2, 0.25) is 5.02 Å². The number of rotatable bonds is 6. The van der Waals surface area contributed by atoms with Crippen LogP contribution in [0.5, 0.6) is 5.75 Å². The van der Waals surface area contributed by atoms with Crippen LogP contribution in [-0.2, 0) is 6.61 Å². The second kappa shape index (κ2) is 6.74.